The highest BCUT2D eigenvalue weighted by Crippen LogP contribution is 2.32. The second-order valence-electron chi connectivity index (χ2n) is 7.19. The molecule has 1 N–H and O–H groups in total. The number of rotatable bonds is 4. The lowest BCUT2D eigenvalue weighted by atomic mass is 10.1. The van der Waals surface area contributed by atoms with Crippen molar-refractivity contribution in [2.45, 2.75) is 19.6 Å². The van der Waals surface area contributed by atoms with Gasteiger partial charge in [-0.1, -0.05) is 12.1 Å². The SMILES string of the molecule is O=c1cc(OCc2ccc(F)cc2)ccn1-c1ccc2c3c(oc2c1F)CCNC3. The number of halogens is 2. The molecule has 0 saturated heterocycles. The fourth-order valence-corrected chi connectivity index (χ4v) is 3.71. The van der Waals surface area contributed by atoms with Crippen LogP contribution in [-0.4, -0.2) is 11.1 Å². The lowest BCUT2D eigenvalue weighted by Gasteiger charge is -2.11. The topological polar surface area (TPSA) is 56.4 Å². The number of furan rings is 1. The van der Waals surface area contributed by atoms with Crippen LogP contribution in [0, 0.1) is 11.6 Å². The zero-order chi connectivity index (χ0) is 20.7. The summed E-state index contributed by atoms with van der Waals surface area (Å²) in [5, 5.41) is 3.98. The molecule has 4 aromatic rings. The normalized spacial score (nSPS) is 13.4. The molecule has 1 aliphatic heterocycles. The maximum absolute atomic E-state index is 15.2. The number of benzene rings is 2. The minimum Gasteiger partial charge on any atom is -0.489 e. The van der Waals surface area contributed by atoms with Gasteiger partial charge in [-0.2, -0.15) is 0 Å². The maximum Gasteiger partial charge on any atom is 0.258 e. The molecule has 30 heavy (non-hydrogen) atoms. The summed E-state index contributed by atoms with van der Waals surface area (Å²) in [5.74, 6) is 0.247. The number of pyridine rings is 1. The van der Waals surface area contributed by atoms with Crippen LogP contribution >= 0.6 is 0 Å². The largest absolute Gasteiger partial charge is 0.489 e. The van der Waals surface area contributed by atoms with E-state index in [1.54, 1.807) is 30.3 Å². The lowest BCUT2D eigenvalue weighted by Crippen LogP contribution is -2.22. The number of ether oxygens (including phenoxy) is 1. The molecular formula is C23H18F2N2O3. The van der Waals surface area contributed by atoms with Crippen LogP contribution in [0.15, 0.2) is 63.9 Å². The van der Waals surface area contributed by atoms with Crippen LogP contribution in [0.1, 0.15) is 16.9 Å². The summed E-state index contributed by atoms with van der Waals surface area (Å²) in [6, 6.07) is 12.2. The van der Waals surface area contributed by atoms with E-state index >= 15 is 4.39 Å². The van der Waals surface area contributed by atoms with E-state index in [4.69, 9.17) is 9.15 Å². The van der Waals surface area contributed by atoms with E-state index in [2.05, 4.69) is 5.32 Å². The number of hydrogen-bond acceptors (Lipinski definition) is 4. The van der Waals surface area contributed by atoms with E-state index < -0.39 is 11.4 Å². The first-order chi connectivity index (χ1) is 14.6. The molecule has 5 nitrogen and oxygen atoms in total. The predicted octanol–water partition coefficient (Wildman–Crippen LogP) is 4.09. The molecule has 0 radical (unpaired) electrons. The Hall–Kier alpha value is -3.45. The van der Waals surface area contributed by atoms with E-state index in [-0.39, 0.29) is 23.7 Å². The van der Waals surface area contributed by atoms with Crippen LogP contribution < -0.4 is 15.6 Å². The highest BCUT2D eigenvalue weighted by atomic mass is 19.1. The van der Waals surface area contributed by atoms with Gasteiger partial charge in [0.2, 0.25) is 0 Å². The smallest absolute Gasteiger partial charge is 0.258 e. The van der Waals surface area contributed by atoms with Crippen molar-refractivity contribution in [2.75, 3.05) is 6.54 Å². The Bertz CT molecular complexity index is 1290. The third-order valence-electron chi connectivity index (χ3n) is 5.26. The van der Waals surface area contributed by atoms with Crippen molar-refractivity contribution in [3.63, 3.8) is 0 Å². The molecule has 0 amide bonds. The van der Waals surface area contributed by atoms with Gasteiger partial charge in [0.15, 0.2) is 11.4 Å². The van der Waals surface area contributed by atoms with Gasteiger partial charge in [-0.25, -0.2) is 8.78 Å². The Morgan fingerprint density at radius 2 is 1.93 bits per heavy atom. The summed E-state index contributed by atoms with van der Waals surface area (Å²) in [6.45, 7) is 1.62. The number of nitrogens with one attached hydrogen (secondary N) is 1. The molecule has 152 valence electrons. The average molecular weight is 408 g/mol. The molecule has 5 rings (SSSR count). The fraction of sp³-hybridized carbons (Fsp3) is 0.174. The van der Waals surface area contributed by atoms with Crippen molar-refractivity contribution >= 4 is 11.0 Å². The van der Waals surface area contributed by atoms with Crippen LogP contribution in [0.3, 0.4) is 0 Å². The van der Waals surface area contributed by atoms with Gasteiger partial charge in [-0.05, 0) is 35.9 Å². The van der Waals surface area contributed by atoms with Crippen LogP contribution in [0.5, 0.6) is 5.75 Å². The zero-order valence-corrected chi connectivity index (χ0v) is 16.0. The summed E-state index contributed by atoms with van der Waals surface area (Å²) in [5.41, 5.74) is 1.61. The van der Waals surface area contributed by atoms with E-state index in [0.717, 1.165) is 28.8 Å². The molecular weight excluding hydrogens is 390 g/mol. The number of fused-ring (bicyclic) bond motifs is 3. The second kappa shape index (κ2) is 7.42. The Labute approximate surface area is 170 Å². The highest BCUT2D eigenvalue weighted by molar-refractivity contribution is 5.85. The van der Waals surface area contributed by atoms with Crippen LogP contribution in [-0.2, 0) is 19.6 Å². The summed E-state index contributed by atoms with van der Waals surface area (Å²) in [6.07, 6.45) is 2.18. The fourth-order valence-electron chi connectivity index (χ4n) is 3.71. The number of hydrogen-bond donors (Lipinski definition) is 1. The molecule has 0 saturated carbocycles. The second-order valence-corrected chi connectivity index (χ2v) is 7.19. The molecule has 0 spiro atoms. The van der Waals surface area contributed by atoms with Crippen LogP contribution in [0.2, 0.25) is 0 Å². The first-order valence-corrected chi connectivity index (χ1v) is 9.64. The molecule has 1 aliphatic rings. The van der Waals surface area contributed by atoms with Crippen molar-refractivity contribution in [3.8, 4) is 11.4 Å². The Balaban J connectivity index is 1.44. The van der Waals surface area contributed by atoms with Crippen molar-refractivity contribution in [3.05, 3.63) is 93.6 Å². The minimum absolute atomic E-state index is 0.122. The first-order valence-electron chi connectivity index (χ1n) is 9.64. The first kappa shape index (κ1) is 18.6. The molecule has 0 aliphatic carbocycles. The van der Waals surface area contributed by atoms with Gasteiger partial charge in [-0.15, -0.1) is 0 Å². The molecule has 0 unspecified atom stereocenters. The van der Waals surface area contributed by atoms with Gasteiger partial charge in [-0.3, -0.25) is 9.36 Å². The quantitative estimate of drug-likeness (QED) is 0.553. The van der Waals surface area contributed by atoms with E-state index in [9.17, 15) is 9.18 Å². The number of nitrogens with zero attached hydrogens (tertiary/aromatic N) is 1. The van der Waals surface area contributed by atoms with Gasteiger partial charge in [0.1, 0.15) is 23.9 Å². The van der Waals surface area contributed by atoms with E-state index in [1.165, 1.54) is 29.0 Å². The monoisotopic (exact) mass is 408 g/mol. The maximum atomic E-state index is 15.2. The standard InChI is InChI=1S/C23H18F2N2O3/c24-15-3-1-14(2-4-15)13-29-16-8-10-27(21(28)11-16)19-6-5-17-18-12-26-9-7-20(18)30-23(17)22(19)25/h1-6,8,10-11,26H,7,9,12-13H2. The van der Waals surface area contributed by atoms with Gasteiger partial charge in [0, 0.05) is 42.7 Å². The van der Waals surface area contributed by atoms with E-state index in [0.29, 0.717) is 18.7 Å². The van der Waals surface area contributed by atoms with Crippen molar-refractivity contribution in [1.29, 1.82) is 0 Å². The molecule has 0 bridgehead atoms. The molecule has 0 atom stereocenters. The van der Waals surface area contributed by atoms with Crippen molar-refractivity contribution in [2.24, 2.45) is 0 Å². The van der Waals surface area contributed by atoms with Gasteiger partial charge in [0.25, 0.3) is 5.56 Å². The van der Waals surface area contributed by atoms with Gasteiger partial charge in [0.05, 0.1) is 5.69 Å². The van der Waals surface area contributed by atoms with E-state index in [1.807, 2.05) is 0 Å². The third kappa shape index (κ3) is 3.27. The summed E-state index contributed by atoms with van der Waals surface area (Å²) in [7, 11) is 0. The average Bonchev–Trinajstić information content (AvgIpc) is 3.14. The van der Waals surface area contributed by atoms with Crippen LogP contribution in [0.25, 0.3) is 16.7 Å². The summed E-state index contributed by atoms with van der Waals surface area (Å²) < 4.78 is 40.8. The van der Waals surface area contributed by atoms with Crippen molar-refractivity contribution in [1.82, 2.24) is 9.88 Å². The Morgan fingerprint density at radius 3 is 2.73 bits per heavy atom. The molecule has 3 heterocycles. The molecule has 2 aromatic carbocycles. The predicted molar refractivity (Wildman–Crippen MR) is 108 cm³/mol. The van der Waals surface area contributed by atoms with Gasteiger partial charge >= 0.3 is 0 Å². The summed E-state index contributed by atoms with van der Waals surface area (Å²) >= 11 is 0. The highest BCUT2D eigenvalue weighted by Gasteiger charge is 2.22. The van der Waals surface area contributed by atoms with Gasteiger partial charge < -0.3 is 14.5 Å². The summed E-state index contributed by atoms with van der Waals surface area (Å²) in [4.78, 5) is 12.6. The molecule has 2 aromatic heterocycles. The third-order valence-corrected chi connectivity index (χ3v) is 5.26. The zero-order valence-electron chi connectivity index (χ0n) is 16.0. The Morgan fingerprint density at radius 1 is 1.10 bits per heavy atom. The lowest BCUT2D eigenvalue weighted by molar-refractivity contribution is 0.305. The molecule has 7 heteroatoms. The minimum atomic E-state index is -0.566. The van der Waals surface area contributed by atoms with Crippen LogP contribution in [0.4, 0.5) is 8.78 Å². The molecule has 0 fully saturated rings. The number of aromatic nitrogens is 1. The van der Waals surface area contributed by atoms with Crippen molar-refractivity contribution < 1.29 is 17.9 Å². The Kier molecular flexibility index (Phi) is 4.59.